The van der Waals surface area contributed by atoms with Gasteiger partial charge < -0.3 is 10.2 Å². The maximum Gasteiger partial charge on any atom is 0.490 e. The molecule has 0 bridgehead atoms. The summed E-state index contributed by atoms with van der Waals surface area (Å²) in [6, 6.07) is 7.77. The minimum absolute atomic E-state index is 0.114. The van der Waals surface area contributed by atoms with E-state index in [9.17, 15) is 26.4 Å². The van der Waals surface area contributed by atoms with Crippen LogP contribution >= 0.6 is 0 Å². The lowest BCUT2D eigenvalue weighted by Gasteiger charge is -2.11. The van der Waals surface area contributed by atoms with Crippen LogP contribution in [0.5, 0.6) is 0 Å². The molecule has 0 aliphatic carbocycles. The zero-order chi connectivity index (χ0) is 19.0. The average molecular weight is 372 g/mol. The Balaban J connectivity index is 0.000000640. The molecule has 12 heteroatoms. The molecule has 1 aromatic rings. The number of hydrogen-bond donors (Lipinski definition) is 4. The van der Waals surface area contributed by atoms with E-state index in [0.29, 0.717) is 0 Å². The fourth-order valence-electron chi connectivity index (χ4n) is 1.10. The third-order valence-corrected chi connectivity index (χ3v) is 3.44. The summed E-state index contributed by atoms with van der Waals surface area (Å²) in [6.07, 6.45) is -5.08. The summed E-state index contributed by atoms with van der Waals surface area (Å²) >= 11 is 0. The van der Waals surface area contributed by atoms with Crippen LogP contribution in [0.1, 0.15) is 12.5 Å². The summed E-state index contributed by atoms with van der Waals surface area (Å²) in [4.78, 5) is 19.4. The second-order valence-electron chi connectivity index (χ2n) is 4.29. The van der Waals surface area contributed by atoms with Gasteiger partial charge in [0.25, 0.3) is 10.2 Å². The normalized spacial score (nSPS) is 12.7. The van der Waals surface area contributed by atoms with Crippen LogP contribution in [0.15, 0.2) is 30.3 Å². The highest BCUT2D eigenvalue weighted by Crippen LogP contribution is 2.13. The fraction of sp³-hybridized carbons (Fsp3) is 0.333. The number of hydrogen-bond acceptors (Lipinski definition) is 4. The van der Waals surface area contributed by atoms with Crippen LogP contribution in [-0.2, 0) is 26.3 Å². The number of aliphatic carboxylic acids is 2. The van der Waals surface area contributed by atoms with Crippen molar-refractivity contribution in [1.29, 1.82) is 0 Å². The van der Waals surface area contributed by atoms with E-state index in [1.54, 1.807) is 24.3 Å². The molecule has 0 aromatic heterocycles. The van der Waals surface area contributed by atoms with Crippen molar-refractivity contribution in [2.24, 2.45) is 0 Å². The minimum Gasteiger partial charge on any atom is -0.480 e. The Hall–Kier alpha value is -2.18. The van der Waals surface area contributed by atoms with Crippen LogP contribution in [0.4, 0.5) is 13.2 Å². The summed E-state index contributed by atoms with van der Waals surface area (Å²) < 4.78 is 58.8. The molecule has 1 aromatic carbocycles. The lowest BCUT2D eigenvalue weighted by molar-refractivity contribution is -0.192. The van der Waals surface area contributed by atoms with Crippen LogP contribution < -0.4 is 9.44 Å². The molecule has 24 heavy (non-hydrogen) atoms. The molecule has 136 valence electrons. The van der Waals surface area contributed by atoms with Crippen LogP contribution in [0.2, 0.25) is 0 Å². The third kappa shape index (κ3) is 9.76. The topological polar surface area (TPSA) is 133 Å². The van der Waals surface area contributed by atoms with Gasteiger partial charge >= 0.3 is 18.1 Å². The van der Waals surface area contributed by atoms with E-state index in [2.05, 4.69) is 4.72 Å². The standard InChI is InChI=1S/C10H14N2O4S.C2HF3O2/c1-8(10(13)14)12-17(15,16)11-7-9-5-3-2-4-6-9;3-2(4,5)1(6)7/h2-6,8,11-12H,7H2,1H3,(H,13,14);(H,6,7)/t8-;/m0./s1. The Labute approximate surface area is 135 Å². The smallest absolute Gasteiger partial charge is 0.480 e. The third-order valence-electron chi connectivity index (χ3n) is 2.25. The molecule has 1 atom stereocenters. The Bertz CT molecular complexity index is 649. The van der Waals surface area contributed by atoms with Gasteiger partial charge in [-0.15, -0.1) is 0 Å². The van der Waals surface area contributed by atoms with Gasteiger partial charge in [0, 0.05) is 6.54 Å². The van der Waals surface area contributed by atoms with Gasteiger partial charge in [-0.25, -0.2) is 4.79 Å². The van der Waals surface area contributed by atoms with Gasteiger partial charge in [0.1, 0.15) is 6.04 Å². The second kappa shape index (κ2) is 9.20. The molecule has 0 saturated heterocycles. The SMILES string of the molecule is C[C@H](NS(=O)(=O)NCc1ccccc1)C(=O)O.O=C(O)C(F)(F)F. The quantitative estimate of drug-likeness (QED) is 0.582. The molecule has 8 nitrogen and oxygen atoms in total. The van der Waals surface area contributed by atoms with E-state index in [1.165, 1.54) is 6.92 Å². The van der Waals surface area contributed by atoms with Gasteiger partial charge in [0.15, 0.2) is 0 Å². The van der Waals surface area contributed by atoms with E-state index in [1.807, 2.05) is 10.8 Å². The largest absolute Gasteiger partial charge is 0.490 e. The summed E-state index contributed by atoms with van der Waals surface area (Å²) in [7, 11) is -3.80. The van der Waals surface area contributed by atoms with E-state index < -0.39 is 34.4 Å². The summed E-state index contributed by atoms with van der Waals surface area (Å²) in [5.74, 6) is -3.98. The number of alkyl halides is 3. The molecule has 0 aliphatic rings. The van der Waals surface area contributed by atoms with Gasteiger partial charge in [0.05, 0.1) is 0 Å². The molecular weight excluding hydrogens is 357 g/mol. The molecule has 0 aliphatic heterocycles. The molecule has 0 heterocycles. The molecule has 1 rings (SSSR count). The van der Waals surface area contributed by atoms with Crippen LogP contribution in [0.3, 0.4) is 0 Å². The molecule has 0 amide bonds. The zero-order valence-corrected chi connectivity index (χ0v) is 13.1. The lowest BCUT2D eigenvalue weighted by atomic mass is 10.2. The minimum atomic E-state index is -5.08. The van der Waals surface area contributed by atoms with Gasteiger partial charge in [-0.3, -0.25) is 4.79 Å². The van der Waals surface area contributed by atoms with E-state index >= 15 is 0 Å². The number of rotatable bonds is 6. The van der Waals surface area contributed by atoms with Gasteiger partial charge in [0.2, 0.25) is 0 Å². The van der Waals surface area contributed by atoms with Gasteiger partial charge in [-0.05, 0) is 12.5 Å². The van der Waals surface area contributed by atoms with Crippen molar-refractivity contribution < 1.29 is 41.4 Å². The summed E-state index contributed by atoms with van der Waals surface area (Å²) in [6.45, 7) is 1.37. The first-order valence-electron chi connectivity index (χ1n) is 6.19. The molecular formula is C12H15F3N2O6S. The highest BCUT2D eigenvalue weighted by Gasteiger charge is 2.38. The van der Waals surface area contributed by atoms with Crippen LogP contribution in [-0.4, -0.2) is 42.8 Å². The monoisotopic (exact) mass is 372 g/mol. The Morgan fingerprint density at radius 2 is 1.62 bits per heavy atom. The molecule has 0 fully saturated rings. The van der Waals surface area contributed by atoms with Crippen LogP contribution in [0.25, 0.3) is 0 Å². The molecule has 0 saturated carbocycles. The highest BCUT2D eigenvalue weighted by atomic mass is 32.2. The van der Waals surface area contributed by atoms with Crippen molar-refractivity contribution in [3.63, 3.8) is 0 Å². The number of carboxylic acids is 2. The Morgan fingerprint density at radius 1 is 1.17 bits per heavy atom. The van der Waals surface area contributed by atoms with Crippen molar-refractivity contribution in [3.05, 3.63) is 35.9 Å². The first-order valence-corrected chi connectivity index (χ1v) is 7.67. The number of halogens is 3. The van der Waals surface area contributed by atoms with Crippen molar-refractivity contribution >= 4 is 22.1 Å². The van der Waals surface area contributed by atoms with E-state index in [0.717, 1.165) is 5.56 Å². The number of nitrogens with one attached hydrogen (secondary N) is 2. The molecule has 0 radical (unpaired) electrons. The maximum atomic E-state index is 11.4. The van der Waals surface area contributed by atoms with Crippen LogP contribution in [0, 0.1) is 0 Å². The van der Waals surface area contributed by atoms with Gasteiger partial charge in [-0.2, -0.15) is 31.0 Å². The molecule has 0 spiro atoms. The van der Waals surface area contributed by atoms with Crippen molar-refractivity contribution in [2.45, 2.75) is 25.7 Å². The van der Waals surface area contributed by atoms with Gasteiger partial charge in [-0.1, -0.05) is 30.3 Å². The van der Waals surface area contributed by atoms with Crippen molar-refractivity contribution in [2.75, 3.05) is 0 Å². The molecule has 4 N–H and O–H groups in total. The van der Waals surface area contributed by atoms with E-state index in [-0.39, 0.29) is 6.54 Å². The number of carbonyl (C=O) groups is 2. The average Bonchev–Trinajstić information content (AvgIpc) is 2.45. The summed E-state index contributed by atoms with van der Waals surface area (Å²) in [5.41, 5.74) is 0.792. The fourth-order valence-corrected chi connectivity index (χ4v) is 2.11. The predicted octanol–water partition coefficient (Wildman–Crippen LogP) is 0.717. The number of benzene rings is 1. The maximum absolute atomic E-state index is 11.4. The highest BCUT2D eigenvalue weighted by molar-refractivity contribution is 7.87. The first-order chi connectivity index (χ1) is 10.8. The van der Waals surface area contributed by atoms with Crippen molar-refractivity contribution in [3.8, 4) is 0 Å². The zero-order valence-electron chi connectivity index (χ0n) is 12.2. The number of carboxylic acid groups (broad SMARTS) is 2. The predicted molar refractivity (Wildman–Crippen MR) is 76.1 cm³/mol. The summed E-state index contributed by atoms with van der Waals surface area (Å²) in [5, 5.41) is 15.7. The van der Waals surface area contributed by atoms with E-state index in [4.69, 9.17) is 15.0 Å². The Morgan fingerprint density at radius 3 is 2.00 bits per heavy atom. The van der Waals surface area contributed by atoms with Crippen molar-refractivity contribution in [1.82, 2.24) is 9.44 Å². The Kier molecular flexibility index (Phi) is 8.36. The first kappa shape index (κ1) is 21.8. The lowest BCUT2D eigenvalue weighted by Crippen LogP contribution is -2.44. The molecule has 0 unspecified atom stereocenters. The second-order valence-corrected chi connectivity index (χ2v) is 5.82.